The number of nitrogens with zero attached hydrogens (tertiary/aromatic N) is 6. The molecular formula is C25H33N7O3. The summed E-state index contributed by atoms with van der Waals surface area (Å²) in [4.78, 5) is 22.6. The quantitative estimate of drug-likeness (QED) is 0.486. The van der Waals surface area contributed by atoms with Crippen molar-refractivity contribution in [3.63, 3.8) is 0 Å². The molecule has 2 aliphatic heterocycles. The van der Waals surface area contributed by atoms with Crippen LogP contribution in [0.25, 0.3) is 10.8 Å². The van der Waals surface area contributed by atoms with Gasteiger partial charge in [0.25, 0.3) is 0 Å². The van der Waals surface area contributed by atoms with Gasteiger partial charge in [0, 0.05) is 49.9 Å². The van der Waals surface area contributed by atoms with Crippen molar-refractivity contribution >= 4 is 34.0 Å². The van der Waals surface area contributed by atoms with Crippen molar-refractivity contribution in [2.45, 2.75) is 57.5 Å². The highest BCUT2D eigenvalue weighted by molar-refractivity contribution is 5.97. The van der Waals surface area contributed by atoms with Crippen LogP contribution >= 0.6 is 0 Å². The van der Waals surface area contributed by atoms with Crippen LogP contribution in [0, 0.1) is 0 Å². The maximum absolute atomic E-state index is 10.3. The highest BCUT2D eigenvalue weighted by atomic mass is 16.5. The number of β-amino-alcohol motifs (C(OH)–C–C–N with tert-alkyl or cyclic N) is 2. The molecule has 0 aromatic carbocycles. The third kappa shape index (κ3) is 4.49. The summed E-state index contributed by atoms with van der Waals surface area (Å²) in [7, 11) is 1.62. The van der Waals surface area contributed by atoms with Crippen molar-refractivity contribution < 1.29 is 14.9 Å². The second-order valence-electron chi connectivity index (χ2n) is 9.70. The molecule has 2 aliphatic rings. The first-order valence-electron chi connectivity index (χ1n) is 12.1. The van der Waals surface area contributed by atoms with Gasteiger partial charge in [-0.25, -0.2) is 9.97 Å². The van der Waals surface area contributed by atoms with Crippen LogP contribution in [-0.4, -0.2) is 81.2 Å². The summed E-state index contributed by atoms with van der Waals surface area (Å²) in [6, 6.07) is 3.86. The average molecular weight is 480 g/mol. The first-order valence-corrected chi connectivity index (χ1v) is 12.1. The second-order valence-corrected chi connectivity index (χ2v) is 9.70. The Labute approximate surface area is 205 Å². The molecule has 3 N–H and O–H groups in total. The Morgan fingerprint density at radius 1 is 1.06 bits per heavy atom. The molecule has 3 aromatic heterocycles. The molecule has 5 rings (SSSR count). The Balaban J connectivity index is 1.42. The van der Waals surface area contributed by atoms with Crippen molar-refractivity contribution in [3.8, 4) is 0 Å². The SMILES string of the molecule is CO[C@@H]1CCN(c2nccc(Nc3cc4c(C(C)C)ncc(N5C[C@H](O)[C@H]5C)c4cn3)n2)C[C@@H]1O. The number of methoxy groups -OCH3 is 1. The van der Waals surface area contributed by atoms with Crippen LogP contribution in [0.3, 0.4) is 0 Å². The molecule has 2 fully saturated rings. The number of piperidine rings is 1. The summed E-state index contributed by atoms with van der Waals surface area (Å²) in [5, 5.41) is 25.7. The minimum atomic E-state index is -0.581. The molecule has 10 nitrogen and oxygen atoms in total. The summed E-state index contributed by atoms with van der Waals surface area (Å²) in [5.74, 6) is 2.09. The third-order valence-corrected chi connectivity index (χ3v) is 7.08. The van der Waals surface area contributed by atoms with E-state index in [1.165, 1.54) is 0 Å². The lowest BCUT2D eigenvalue weighted by Crippen LogP contribution is -2.58. The summed E-state index contributed by atoms with van der Waals surface area (Å²) in [6.07, 6.45) is 5.12. The molecule has 0 spiro atoms. The van der Waals surface area contributed by atoms with E-state index in [1.807, 2.05) is 30.3 Å². The van der Waals surface area contributed by atoms with E-state index in [0.717, 1.165) is 22.2 Å². The van der Waals surface area contributed by atoms with Gasteiger partial charge >= 0.3 is 0 Å². The molecule has 4 atom stereocenters. The van der Waals surface area contributed by atoms with Crippen molar-refractivity contribution in [2.24, 2.45) is 0 Å². The van der Waals surface area contributed by atoms with Gasteiger partial charge < -0.3 is 30.1 Å². The maximum Gasteiger partial charge on any atom is 0.227 e. The van der Waals surface area contributed by atoms with Crippen LogP contribution in [0.5, 0.6) is 0 Å². The molecule has 3 aromatic rings. The summed E-state index contributed by atoms with van der Waals surface area (Å²) < 4.78 is 5.34. The van der Waals surface area contributed by atoms with E-state index < -0.39 is 6.10 Å². The van der Waals surface area contributed by atoms with Crippen molar-refractivity contribution in [3.05, 3.63) is 36.4 Å². The zero-order valence-corrected chi connectivity index (χ0v) is 20.6. The predicted octanol–water partition coefficient (Wildman–Crippen LogP) is 2.44. The highest BCUT2D eigenvalue weighted by Crippen LogP contribution is 2.36. The fourth-order valence-corrected chi connectivity index (χ4v) is 4.87. The molecule has 2 saturated heterocycles. The monoisotopic (exact) mass is 479 g/mol. The number of ether oxygens (including phenoxy) is 1. The lowest BCUT2D eigenvalue weighted by molar-refractivity contribution is -0.0219. The summed E-state index contributed by atoms with van der Waals surface area (Å²) >= 11 is 0. The Morgan fingerprint density at radius 3 is 2.57 bits per heavy atom. The van der Waals surface area contributed by atoms with Gasteiger partial charge in [-0.1, -0.05) is 13.8 Å². The zero-order chi connectivity index (χ0) is 24.7. The van der Waals surface area contributed by atoms with Gasteiger partial charge in [0.1, 0.15) is 11.6 Å². The number of aliphatic hydroxyl groups is 2. The second kappa shape index (κ2) is 9.52. The Hall–Kier alpha value is -3.08. The number of anilines is 4. The van der Waals surface area contributed by atoms with Crippen molar-refractivity contribution in [1.29, 1.82) is 0 Å². The zero-order valence-electron chi connectivity index (χ0n) is 20.6. The smallest absolute Gasteiger partial charge is 0.227 e. The number of aliphatic hydroxyl groups excluding tert-OH is 2. The maximum atomic E-state index is 10.3. The number of hydrogen-bond acceptors (Lipinski definition) is 10. The van der Waals surface area contributed by atoms with Gasteiger partial charge in [0.05, 0.1) is 41.9 Å². The Bertz CT molecular complexity index is 1210. The molecule has 0 radical (unpaired) electrons. The Morgan fingerprint density at radius 2 is 1.89 bits per heavy atom. The molecule has 10 heteroatoms. The van der Waals surface area contributed by atoms with E-state index in [2.05, 4.69) is 39.0 Å². The van der Waals surface area contributed by atoms with Gasteiger partial charge in [-0.3, -0.25) is 4.98 Å². The largest absolute Gasteiger partial charge is 0.389 e. The van der Waals surface area contributed by atoms with E-state index in [0.29, 0.717) is 43.6 Å². The number of rotatable bonds is 6. The van der Waals surface area contributed by atoms with E-state index in [1.54, 1.807) is 19.4 Å². The van der Waals surface area contributed by atoms with E-state index in [4.69, 9.17) is 9.72 Å². The van der Waals surface area contributed by atoms with Crippen LogP contribution in [0.4, 0.5) is 23.3 Å². The molecule has 5 heterocycles. The number of hydrogen-bond donors (Lipinski definition) is 3. The van der Waals surface area contributed by atoms with Crippen LogP contribution in [0.1, 0.15) is 38.8 Å². The molecular weight excluding hydrogens is 446 g/mol. The topological polar surface area (TPSA) is 120 Å². The Kier molecular flexibility index (Phi) is 6.43. The van der Waals surface area contributed by atoms with Crippen LogP contribution in [0.2, 0.25) is 0 Å². The van der Waals surface area contributed by atoms with Crippen molar-refractivity contribution in [2.75, 3.05) is 41.9 Å². The van der Waals surface area contributed by atoms with Crippen LogP contribution in [0.15, 0.2) is 30.7 Å². The first-order chi connectivity index (χ1) is 16.9. The number of pyridine rings is 2. The number of fused-ring (bicyclic) bond motifs is 1. The normalized spacial score (nSPS) is 24.7. The molecule has 0 aliphatic carbocycles. The first kappa shape index (κ1) is 23.7. The van der Waals surface area contributed by atoms with Gasteiger partial charge in [-0.2, -0.15) is 4.98 Å². The molecule has 186 valence electrons. The van der Waals surface area contributed by atoms with Gasteiger partial charge in [-0.15, -0.1) is 0 Å². The standard InChI is InChI=1S/C25H33N7O3/c1-14(2)24-16-9-23(27-10-17(16)18(11-28-24)32-13-19(33)15(32)3)29-22-5-7-26-25(30-22)31-8-6-21(35-4)20(34)12-31/h5,7,9-11,14-15,19-21,33-34H,6,8,12-13H2,1-4H3,(H,26,27,29,30)/t15-,19+,20+,21-/m1/s1. The van der Waals surface area contributed by atoms with Crippen LogP contribution < -0.4 is 15.1 Å². The average Bonchev–Trinajstić information content (AvgIpc) is 2.86. The molecule has 0 bridgehead atoms. The molecule has 0 saturated carbocycles. The van der Waals surface area contributed by atoms with E-state index in [9.17, 15) is 10.2 Å². The third-order valence-electron chi connectivity index (χ3n) is 7.08. The lowest BCUT2D eigenvalue weighted by Gasteiger charge is -2.45. The van der Waals surface area contributed by atoms with Gasteiger partial charge in [0.2, 0.25) is 5.95 Å². The minimum Gasteiger partial charge on any atom is -0.389 e. The highest BCUT2D eigenvalue weighted by Gasteiger charge is 2.35. The van der Waals surface area contributed by atoms with Gasteiger partial charge in [0.15, 0.2) is 0 Å². The molecule has 0 unspecified atom stereocenters. The number of aromatic nitrogens is 4. The molecule has 35 heavy (non-hydrogen) atoms. The number of nitrogens with one attached hydrogen (secondary N) is 1. The minimum absolute atomic E-state index is 0.0506. The van der Waals surface area contributed by atoms with E-state index in [-0.39, 0.29) is 24.2 Å². The molecule has 0 amide bonds. The van der Waals surface area contributed by atoms with Crippen LogP contribution in [-0.2, 0) is 4.74 Å². The fourth-order valence-electron chi connectivity index (χ4n) is 4.87. The summed E-state index contributed by atoms with van der Waals surface area (Å²) in [6.45, 7) is 8.00. The predicted molar refractivity (Wildman–Crippen MR) is 135 cm³/mol. The van der Waals surface area contributed by atoms with Crippen molar-refractivity contribution in [1.82, 2.24) is 19.9 Å². The lowest BCUT2D eigenvalue weighted by atomic mass is 9.97. The fraction of sp³-hybridized carbons (Fsp3) is 0.520. The van der Waals surface area contributed by atoms with E-state index >= 15 is 0 Å². The summed E-state index contributed by atoms with van der Waals surface area (Å²) in [5.41, 5.74) is 1.99. The van der Waals surface area contributed by atoms with Gasteiger partial charge in [-0.05, 0) is 31.4 Å².